The van der Waals surface area contributed by atoms with Crippen LogP contribution in [0.3, 0.4) is 0 Å². The number of carbonyl (C=O) groups is 1. The van der Waals surface area contributed by atoms with Crippen LogP contribution in [-0.2, 0) is 17.1 Å². The van der Waals surface area contributed by atoms with Gasteiger partial charge in [-0.1, -0.05) is 17.9 Å². The van der Waals surface area contributed by atoms with Crippen molar-refractivity contribution < 1.29 is 31.1 Å². The first kappa shape index (κ1) is 15.9. The fourth-order valence-corrected chi connectivity index (χ4v) is 1.38. The summed E-state index contributed by atoms with van der Waals surface area (Å²) in [5.41, 5.74) is 0.484. The van der Waals surface area contributed by atoms with E-state index in [9.17, 15) is 31.1 Å². The van der Waals surface area contributed by atoms with Gasteiger partial charge in [-0.15, -0.1) is 0 Å². The lowest BCUT2D eigenvalue weighted by molar-refractivity contribution is -0.143. The second-order valence-corrected chi connectivity index (χ2v) is 3.67. The summed E-state index contributed by atoms with van der Waals surface area (Å²) in [5, 5.41) is 0. The van der Waals surface area contributed by atoms with Crippen molar-refractivity contribution in [1.29, 1.82) is 0 Å². The van der Waals surface area contributed by atoms with E-state index >= 15 is 0 Å². The molecule has 20 heavy (non-hydrogen) atoms. The lowest BCUT2D eigenvalue weighted by Gasteiger charge is -2.14. The van der Waals surface area contributed by atoms with Crippen LogP contribution in [0, 0.1) is 11.8 Å². The lowest BCUT2D eigenvalue weighted by Crippen LogP contribution is -2.15. The summed E-state index contributed by atoms with van der Waals surface area (Å²) in [4.78, 5) is 10.4. The number of carbonyl (C=O) groups excluding carboxylic acids is 1. The molecule has 0 saturated carbocycles. The molecule has 0 bridgehead atoms. The van der Waals surface area contributed by atoms with Gasteiger partial charge in [-0.3, -0.25) is 4.79 Å². The van der Waals surface area contributed by atoms with E-state index in [0.29, 0.717) is 18.2 Å². The molecular weight excluding hydrogens is 288 g/mol. The second kappa shape index (κ2) is 5.45. The molecule has 0 unspecified atom stereocenters. The Hall–Kier alpha value is -2.17. The van der Waals surface area contributed by atoms with E-state index in [1.165, 1.54) is 0 Å². The summed E-state index contributed by atoms with van der Waals surface area (Å²) >= 11 is 0. The normalized spacial score (nSPS) is 11.7. The third kappa shape index (κ3) is 3.91. The summed E-state index contributed by atoms with van der Waals surface area (Å²) in [6.07, 6.45) is -10.6. The van der Waals surface area contributed by atoms with Gasteiger partial charge in [0, 0.05) is 5.56 Å². The number of benzene rings is 1. The number of halogens is 6. The molecule has 1 aromatic rings. The molecule has 0 saturated heterocycles. The molecule has 0 fully saturated rings. The molecule has 0 aromatic heterocycles. The molecule has 1 rings (SSSR count). The van der Waals surface area contributed by atoms with Crippen molar-refractivity contribution in [2.75, 3.05) is 0 Å². The molecular formula is C12H7F6NO. The molecule has 0 aliphatic heterocycles. The van der Waals surface area contributed by atoms with Crippen molar-refractivity contribution in [3.8, 4) is 11.8 Å². The van der Waals surface area contributed by atoms with Crippen molar-refractivity contribution in [3.05, 3.63) is 34.9 Å². The summed E-state index contributed by atoms with van der Waals surface area (Å²) in [6, 6.07) is 1.62. The van der Waals surface area contributed by atoms with Gasteiger partial charge in [0.15, 0.2) is 0 Å². The van der Waals surface area contributed by atoms with Gasteiger partial charge in [0.05, 0.1) is 17.5 Å². The van der Waals surface area contributed by atoms with E-state index in [1.54, 1.807) is 5.92 Å². The van der Waals surface area contributed by atoms with E-state index in [2.05, 4.69) is 0 Å². The Morgan fingerprint density at radius 1 is 1.05 bits per heavy atom. The predicted octanol–water partition coefficient (Wildman–Crippen LogP) is 2.95. The molecule has 0 atom stereocenters. The van der Waals surface area contributed by atoms with Gasteiger partial charge in [-0.05, 0) is 12.1 Å². The summed E-state index contributed by atoms with van der Waals surface area (Å²) in [5.74, 6) is 2.69. The molecule has 2 N–H and O–H groups in total. The molecule has 1 amide bonds. The molecule has 0 spiro atoms. The van der Waals surface area contributed by atoms with Crippen LogP contribution in [0.4, 0.5) is 26.3 Å². The summed E-state index contributed by atoms with van der Waals surface area (Å²) in [6.45, 7) is 0. The average molecular weight is 295 g/mol. The van der Waals surface area contributed by atoms with Gasteiger partial charge in [-0.2, -0.15) is 26.3 Å². The Labute approximate surface area is 109 Å². The smallest absolute Gasteiger partial charge is 0.369 e. The Bertz CT molecular complexity index is 544. The first-order valence-corrected chi connectivity index (χ1v) is 5.08. The van der Waals surface area contributed by atoms with E-state index in [4.69, 9.17) is 5.73 Å². The Kier molecular flexibility index (Phi) is 4.33. The maximum Gasteiger partial charge on any atom is 0.417 e. The van der Waals surface area contributed by atoms with Crippen LogP contribution in [-0.4, -0.2) is 5.91 Å². The third-order valence-electron chi connectivity index (χ3n) is 2.15. The van der Waals surface area contributed by atoms with Gasteiger partial charge in [0.1, 0.15) is 0 Å². The highest BCUT2D eigenvalue weighted by Crippen LogP contribution is 2.38. The van der Waals surface area contributed by atoms with Gasteiger partial charge in [0.25, 0.3) is 0 Å². The zero-order valence-corrected chi connectivity index (χ0v) is 9.69. The standard InChI is InChI=1S/C12H7F6NO/c13-11(14,15)8-4-2-5-9(12(16,17)18)7(8)3-1-6-10(19)20/h2,4-5H,6H2,(H2,19,20). The fourth-order valence-electron chi connectivity index (χ4n) is 1.38. The van der Waals surface area contributed by atoms with E-state index in [1.807, 2.05) is 5.92 Å². The number of alkyl halides is 6. The SMILES string of the molecule is NC(=O)CC#Cc1c(C(F)(F)F)cccc1C(F)(F)F. The minimum Gasteiger partial charge on any atom is -0.369 e. The highest BCUT2D eigenvalue weighted by atomic mass is 19.4. The largest absolute Gasteiger partial charge is 0.417 e. The molecule has 108 valence electrons. The molecule has 0 aliphatic rings. The number of nitrogens with two attached hydrogens (primary N) is 1. The zero-order valence-electron chi connectivity index (χ0n) is 9.69. The van der Waals surface area contributed by atoms with Crippen LogP contribution >= 0.6 is 0 Å². The molecule has 2 nitrogen and oxygen atoms in total. The predicted molar refractivity (Wildman–Crippen MR) is 57.1 cm³/mol. The average Bonchev–Trinajstić information content (AvgIpc) is 2.25. The van der Waals surface area contributed by atoms with E-state index < -0.39 is 41.4 Å². The summed E-state index contributed by atoms with van der Waals surface area (Å²) in [7, 11) is 0. The topological polar surface area (TPSA) is 43.1 Å². The number of amides is 1. The van der Waals surface area contributed by atoms with E-state index in [0.717, 1.165) is 0 Å². The van der Waals surface area contributed by atoms with Crippen molar-refractivity contribution in [1.82, 2.24) is 0 Å². The van der Waals surface area contributed by atoms with Crippen LogP contribution in [0.5, 0.6) is 0 Å². The highest BCUT2D eigenvalue weighted by molar-refractivity contribution is 5.76. The lowest BCUT2D eigenvalue weighted by atomic mass is 10.00. The zero-order chi connectivity index (χ0) is 15.6. The van der Waals surface area contributed by atoms with Crippen LogP contribution in [0.25, 0.3) is 0 Å². The maximum atomic E-state index is 12.7. The number of primary amides is 1. The molecule has 0 heterocycles. The van der Waals surface area contributed by atoms with Crippen LogP contribution in [0.15, 0.2) is 18.2 Å². The van der Waals surface area contributed by atoms with Gasteiger partial charge in [0.2, 0.25) is 5.91 Å². The van der Waals surface area contributed by atoms with Crippen LogP contribution < -0.4 is 5.73 Å². The van der Waals surface area contributed by atoms with Crippen LogP contribution in [0.1, 0.15) is 23.1 Å². The second-order valence-electron chi connectivity index (χ2n) is 3.67. The fraction of sp³-hybridized carbons (Fsp3) is 0.250. The van der Waals surface area contributed by atoms with Crippen LogP contribution in [0.2, 0.25) is 0 Å². The minimum atomic E-state index is -4.99. The maximum absolute atomic E-state index is 12.7. The van der Waals surface area contributed by atoms with Crippen molar-refractivity contribution >= 4 is 5.91 Å². The van der Waals surface area contributed by atoms with Crippen molar-refractivity contribution in [2.45, 2.75) is 18.8 Å². The first-order valence-electron chi connectivity index (χ1n) is 5.08. The molecule has 8 heteroatoms. The Balaban J connectivity index is 3.48. The Morgan fingerprint density at radius 2 is 1.50 bits per heavy atom. The number of hydrogen-bond donors (Lipinski definition) is 1. The molecule has 0 aliphatic carbocycles. The first-order chi connectivity index (χ1) is 9.03. The van der Waals surface area contributed by atoms with E-state index in [-0.39, 0.29) is 0 Å². The number of hydrogen-bond acceptors (Lipinski definition) is 1. The van der Waals surface area contributed by atoms with Crippen molar-refractivity contribution in [2.24, 2.45) is 5.73 Å². The van der Waals surface area contributed by atoms with Gasteiger partial charge < -0.3 is 5.73 Å². The third-order valence-corrected chi connectivity index (χ3v) is 2.15. The van der Waals surface area contributed by atoms with Gasteiger partial charge in [-0.25, -0.2) is 0 Å². The summed E-state index contributed by atoms with van der Waals surface area (Å²) < 4.78 is 76.1. The van der Waals surface area contributed by atoms with Crippen molar-refractivity contribution in [3.63, 3.8) is 0 Å². The molecule has 0 radical (unpaired) electrons. The van der Waals surface area contributed by atoms with Gasteiger partial charge >= 0.3 is 12.4 Å². The minimum absolute atomic E-state index is 0.490. The molecule has 1 aromatic carbocycles. The quantitative estimate of drug-likeness (QED) is 0.628. The highest BCUT2D eigenvalue weighted by Gasteiger charge is 2.40. The number of rotatable bonds is 1. The Morgan fingerprint density at radius 3 is 1.85 bits per heavy atom. The monoisotopic (exact) mass is 295 g/mol.